The molecule has 1 atom stereocenters. The van der Waals surface area contributed by atoms with E-state index in [4.69, 9.17) is 12.2 Å². The number of anilines is 1. The zero-order valence-electron chi connectivity index (χ0n) is 12.2. The molecule has 0 saturated heterocycles. The fourth-order valence-corrected chi connectivity index (χ4v) is 3.96. The summed E-state index contributed by atoms with van der Waals surface area (Å²) in [6.07, 6.45) is 0. The Morgan fingerprint density at radius 1 is 1.17 bits per heavy atom. The largest absolute Gasteiger partial charge is 0.348 e. The third kappa shape index (κ3) is 4.16. The van der Waals surface area contributed by atoms with Crippen molar-refractivity contribution >= 4 is 48.7 Å². The summed E-state index contributed by atoms with van der Waals surface area (Å²) in [5.74, 6) is 0. The van der Waals surface area contributed by atoms with Gasteiger partial charge in [-0.3, -0.25) is 0 Å². The topological polar surface area (TPSA) is 70.0 Å². The van der Waals surface area contributed by atoms with Gasteiger partial charge in [-0.05, 0) is 43.3 Å². The normalized spacial score (nSPS) is 12.2. The number of hydrogen-bond acceptors (Lipinski definition) is 4. The van der Waals surface area contributed by atoms with E-state index in [1.807, 2.05) is 6.92 Å². The lowest BCUT2D eigenvalue weighted by Gasteiger charge is -2.14. The first kappa shape index (κ1) is 17.6. The standard InChI is InChI=1S/C16H13BrN2O2S2/c1-11-2-8-14(9-3-11)23(20,21)15(10-18)16(22)19-13-6-4-12(17)5-7-13/h2-9,15H,1H3,(H,19,22)/t15-/m1/s1. The minimum Gasteiger partial charge on any atom is -0.348 e. The van der Waals surface area contributed by atoms with Gasteiger partial charge in [-0.2, -0.15) is 5.26 Å². The van der Waals surface area contributed by atoms with Crippen molar-refractivity contribution in [3.63, 3.8) is 0 Å². The molecular formula is C16H13BrN2O2S2. The van der Waals surface area contributed by atoms with Crippen LogP contribution in [0.2, 0.25) is 0 Å². The Hall–Kier alpha value is -1.75. The number of nitrogens with zero attached hydrogens (tertiary/aromatic N) is 1. The Bertz CT molecular complexity index is 854. The molecule has 7 heteroatoms. The number of hydrogen-bond donors (Lipinski definition) is 1. The maximum Gasteiger partial charge on any atom is 0.202 e. The first-order chi connectivity index (χ1) is 10.8. The smallest absolute Gasteiger partial charge is 0.202 e. The van der Waals surface area contributed by atoms with Gasteiger partial charge in [-0.15, -0.1) is 0 Å². The lowest BCUT2D eigenvalue weighted by Crippen LogP contribution is -2.32. The number of nitriles is 1. The van der Waals surface area contributed by atoms with E-state index in [-0.39, 0.29) is 9.88 Å². The number of aryl methyl sites for hydroxylation is 1. The van der Waals surface area contributed by atoms with Crippen molar-refractivity contribution in [3.05, 3.63) is 58.6 Å². The van der Waals surface area contributed by atoms with Crippen LogP contribution in [0.15, 0.2) is 57.9 Å². The zero-order chi connectivity index (χ0) is 17.0. The molecule has 0 aliphatic heterocycles. The number of nitrogens with one attached hydrogen (secondary N) is 1. The maximum absolute atomic E-state index is 12.6. The molecule has 0 amide bonds. The summed E-state index contributed by atoms with van der Waals surface area (Å²) in [6.45, 7) is 1.86. The molecule has 0 aromatic heterocycles. The minimum atomic E-state index is -3.87. The van der Waals surface area contributed by atoms with E-state index < -0.39 is 15.1 Å². The van der Waals surface area contributed by atoms with Crippen molar-refractivity contribution < 1.29 is 8.42 Å². The van der Waals surface area contributed by atoms with Crippen LogP contribution in [0.3, 0.4) is 0 Å². The molecule has 0 saturated carbocycles. The van der Waals surface area contributed by atoms with E-state index in [1.54, 1.807) is 42.5 Å². The molecule has 0 aliphatic carbocycles. The third-order valence-corrected chi connectivity index (χ3v) is 6.03. The first-order valence-electron chi connectivity index (χ1n) is 6.61. The van der Waals surface area contributed by atoms with Crippen molar-refractivity contribution in [3.8, 4) is 6.07 Å². The Labute approximate surface area is 149 Å². The molecule has 1 N–H and O–H groups in total. The molecule has 0 unspecified atom stereocenters. The number of sulfone groups is 1. The number of rotatable bonds is 4. The Kier molecular flexibility index (Phi) is 5.52. The molecule has 4 nitrogen and oxygen atoms in total. The van der Waals surface area contributed by atoms with Crippen LogP contribution in [-0.4, -0.2) is 18.7 Å². The molecule has 0 fully saturated rings. The van der Waals surface area contributed by atoms with E-state index in [2.05, 4.69) is 21.2 Å². The SMILES string of the molecule is Cc1ccc(S(=O)(=O)[C@H](C#N)C(=S)Nc2ccc(Br)cc2)cc1. The Balaban J connectivity index is 2.27. The van der Waals surface area contributed by atoms with Crippen molar-refractivity contribution in [1.82, 2.24) is 0 Å². The molecule has 23 heavy (non-hydrogen) atoms. The summed E-state index contributed by atoms with van der Waals surface area (Å²) in [4.78, 5) is 0.0324. The second-order valence-corrected chi connectivity index (χ2v) is 8.25. The van der Waals surface area contributed by atoms with Gasteiger partial charge in [0.05, 0.1) is 11.0 Å². The van der Waals surface area contributed by atoms with E-state index >= 15 is 0 Å². The van der Waals surface area contributed by atoms with Gasteiger partial charge in [0.15, 0.2) is 0 Å². The highest BCUT2D eigenvalue weighted by Gasteiger charge is 2.31. The summed E-state index contributed by atoms with van der Waals surface area (Å²) >= 11 is 8.45. The lowest BCUT2D eigenvalue weighted by molar-refractivity contribution is 0.596. The van der Waals surface area contributed by atoms with Crippen LogP contribution >= 0.6 is 28.1 Å². The molecular weight excluding hydrogens is 396 g/mol. The second kappa shape index (κ2) is 7.21. The third-order valence-electron chi connectivity index (χ3n) is 3.13. The average Bonchev–Trinajstić information content (AvgIpc) is 2.50. The van der Waals surface area contributed by atoms with Crippen LogP contribution in [0, 0.1) is 18.3 Å². The Morgan fingerprint density at radius 2 is 1.74 bits per heavy atom. The van der Waals surface area contributed by atoms with Crippen molar-refractivity contribution in [2.75, 3.05) is 5.32 Å². The second-order valence-electron chi connectivity index (χ2n) is 4.86. The zero-order valence-corrected chi connectivity index (χ0v) is 15.4. The van der Waals surface area contributed by atoms with Crippen molar-refractivity contribution in [2.45, 2.75) is 17.1 Å². The quantitative estimate of drug-likeness (QED) is 0.777. The van der Waals surface area contributed by atoms with Gasteiger partial charge in [0.2, 0.25) is 15.1 Å². The van der Waals surface area contributed by atoms with Crippen molar-refractivity contribution in [2.24, 2.45) is 0 Å². The van der Waals surface area contributed by atoms with Gasteiger partial charge >= 0.3 is 0 Å². The fourth-order valence-electron chi connectivity index (χ4n) is 1.87. The number of thiocarbonyl (C=S) groups is 1. The predicted octanol–water partition coefficient (Wildman–Crippen LogP) is 3.86. The highest BCUT2D eigenvalue weighted by atomic mass is 79.9. The summed E-state index contributed by atoms with van der Waals surface area (Å²) in [5.41, 5.74) is 1.56. The molecule has 0 heterocycles. The summed E-state index contributed by atoms with van der Waals surface area (Å²) in [7, 11) is -3.87. The Morgan fingerprint density at radius 3 is 2.26 bits per heavy atom. The number of halogens is 1. The van der Waals surface area contributed by atoms with E-state index in [0.29, 0.717) is 5.69 Å². The molecule has 0 spiro atoms. The monoisotopic (exact) mass is 408 g/mol. The molecule has 2 aromatic carbocycles. The van der Waals surface area contributed by atoms with E-state index in [0.717, 1.165) is 10.0 Å². The number of benzene rings is 2. The predicted molar refractivity (Wildman–Crippen MR) is 98.1 cm³/mol. The van der Waals surface area contributed by atoms with E-state index in [1.165, 1.54) is 12.1 Å². The lowest BCUT2D eigenvalue weighted by atomic mass is 10.2. The van der Waals surface area contributed by atoms with E-state index in [9.17, 15) is 13.7 Å². The molecule has 2 aromatic rings. The van der Waals surface area contributed by atoms with Gasteiger partial charge < -0.3 is 5.32 Å². The first-order valence-corrected chi connectivity index (χ1v) is 9.36. The van der Waals surface area contributed by atoms with Crippen LogP contribution < -0.4 is 5.32 Å². The van der Waals surface area contributed by atoms with Crippen LogP contribution in [0.4, 0.5) is 5.69 Å². The highest BCUT2D eigenvalue weighted by Crippen LogP contribution is 2.20. The van der Waals surface area contributed by atoms with Gasteiger partial charge in [-0.1, -0.05) is 45.8 Å². The average molecular weight is 409 g/mol. The van der Waals surface area contributed by atoms with Crippen LogP contribution in [-0.2, 0) is 9.84 Å². The fraction of sp³-hybridized carbons (Fsp3) is 0.125. The van der Waals surface area contributed by atoms with Crippen molar-refractivity contribution in [1.29, 1.82) is 5.26 Å². The van der Waals surface area contributed by atoms with Crippen LogP contribution in [0.1, 0.15) is 5.56 Å². The molecule has 0 aliphatic rings. The van der Waals surface area contributed by atoms with Crippen LogP contribution in [0.5, 0.6) is 0 Å². The minimum absolute atomic E-state index is 0.0459. The summed E-state index contributed by atoms with van der Waals surface area (Å²) < 4.78 is 26.1. The highest BCUT2D eigenvalue weighted by molar-refractivity contribution is 9.10. The van der Waals surface area contributed by atoms with Gasteiger partial charge in [0, 0.05) is 10.2 Å². The van der Waals surface area contributed by atoms with Crippen LogP contribution in [0.25, 0.3) is 0 Å². The molecule has 2 rings (SSSR count). The molecule has 0 bridgehead atoms. The van der Waals surface area contributed by atoms with Gasteiger partial charge in [0.1, 0.15) is 4.99 Å². The maximum atomic E-state index is 12.6. The summed E-state index contributed by atoms with van der Waals surface area (Å²) in [6, 6.07) is 15.2. The van der Waals surface area contributed by atoms with Gasteiger partial charge in [-0.25, -0.2) is 8.42 Å². The van der Waals surface area contributed by atoms with Gasteiger partial charge in [0.25, 0.3) is 0 Å². The molecule has 118 valence electrons. The molecule has 0 radical (unpaired) electrons. The summed E-state index contributed by atoms with van der Waals surface area (Å²) in [5, 5.41) is 10.7.